The lowest BCUT2D eigenvalue weighted by molar-refractivity contribution is -0.120. The zero-order valence-corrected chi connectivity index (χ0v) is 10.6. The molecule has 1 rings (SSSR count). The van der Waals surface area contributed by atoms with Crippen LogP contribution >= 0.6 is 0 Å². The average molecular weight is 246 g/mol. The average Bonchev–Trinajstić information content (AvgIpc) is 2.39. The summed E-state index contributed by atoms with van der Waals surface area (Å²) in [6.07, 6.45) is 3.25. The summed E-state index contributed by atoms with van der Waals surface area (Å²) in [6.45, 7) is 2.82. The molecule has 0 aliphatic rings. The Bertz CT molecular complexity index is 407. The van der Waals surface area contributed by atoms with Gasteiger partial charge in [0.2, 0.25) is 5.91 Å². The summed E-state index contributed by atoms with van der Waals surface area (Å²) >= 11 is 0. The van der Waals surface area contributed by atoms with Gasteiger partial charge in [0.1, 0.15) is 6.61 Å². The van der Waals surface area contributed by atoms with Gasteiger partial charge in [0.15, 0.2) is 0 Å². The molecule has 0 radical (unpaired) electrons. The fourth-order valence-corrected chi connectivity index (χ4v) is 1.44. The maximum atomic E-state index is 11.5. The molecule has 1 N–H and O–H groups in total. The monoisotopic (exact) mass is 246 g/mol. The molecule has 0 aromatic heterocycles. The molecule has 1 aromatic rings. The van der Waals surface area contributed by atoms with Gasteiger partial charge < -0.3 is 10.1 Å². The van der Waals surface area contributed by atoms with Crippen LogP contribution < -0.4 is 5.32 Å². The second-order valence-electron chi connectivity index (χ2n) is 4.00. The highest BCUT2D eigenvalue weighted by Crippen LogP contribution is 2.08. The number of rotatable bonds is 7. The van der Waals surface area contributed by atoms with Gasteiger partial charge in [0.25, 0.3) is 0 Å². The summed E-state index contributed by atoms with van der Waals surface area (Å²) in [5.74, 6) is -0.170. The SMILES string of the molecule is CCCCCOCC(=O)Nc1ccc(C#N)cc1. The normalized spacial score (nSPS) is 9.78. The van der Waals surface area contributed by atoms with Crippen LogP contribution in [0, 0.1) is 11.3 Å². The third-order valence-electron chi connectivity index (χ3n) is 2.42. The number of hydrogen-bond acceptors (Lipinski definition) is 3. The smallest absolute Gasteiger partial charge is 0.250 e. The predicted molar refractivity (Wildman–Crippen MR) is 70.1 cm³/mol. The first kappa shape index (κ1) is 14.2. The molecule has 0 heterocycles. The van der Waals surface area contributed by atoms with Crippen molar-refractivity contribution in [3.05, 3.63) is 29.8 Å². The number of carbonyl (C=O) groups is 1. The molecule has 1 amide bonds. The van der Waals surface area contributed by atoms with E-state index < -0.39 is 0 Å². The highest BCUT2D eigenvalue weighted by atomic mass is 16.5. The lowest BCUT2D eigenvalue weighted by Gasteiger charge is -2.06. The van der Waals surface area contributed by atoms with Crippen LogP contribution in [-0.4, -0.2) is 19.1 Å². The Morgan fingerprint density at radius 3 is 2.67 bits per heavy atom. The molecule has 0 fully saturated rings. The molecule has 0 saturated heterocycles. The summed E-state index contributed by atoms with van der Waals surface area (Å²) in [5, 5.41) is 11.4. The van der Waals surface area contributed by atoms with Crippen molar-refractivity contribution < 1.29 is 9.53 Å². The Balaban J connectivity index is 2.25. The van der Waals surface area contributed by atoms with Gasteiger partial charge in [-0.15, -0.1) is 0 Å². The minimum absolute atomic E-state index is 0.0731. The maximum Gasteiger partial charge on any atom is 0.250 e. The number of unbranched alkanes of at least 4 members (excludes halogenated alkanes) is 2. The van der Waals surface area contributed by atoms with Crippen LogP contribution in [0.25, 0.3) is 0 Å². The Kier molecular flexibility index (Phi) is 6.52. The van der Waals surface area contributed by atoms with Crippen molar-refractivity contribution in [3.8, 4) is 6.07 Å². The molecule has 4 nitrogen and oxygen atoms in total. The van der Waals surface area contributed by atoms with Crippen LogP contribution in [0.3, 0.4) is 0 Å². The number of anilines is 1. The molecule has 18 heavy (non-hydrogen) atoms. The van der Waals surface area contributed by atoms with Crippen LogP contribution in [0.4, 0.5) is 5.69 Å². The Morgan fingerprint density at radius 2 is 2.06 bits per heavy atom. The first-order valence-electron chi connectivity index (χ1n) is 6.14. The van der Waals surface area contributed by atoms with Gasteiger partial charge in [-0.2, -0.15) is 5.26 Å². The molecule has 96 valence electrons. The van der Waals surface area contributed by atoms with E-state index in [1.807, 2.05) is 6.07 Å². The van der Waals surface area contributed by atoms with Crippen molar-refractivity contribution >= 4 is 11.6 Å². The third kappa shape index (κ3) is 5.46. The van der Waals surface area contributed by atoms with E-state index in [1.165, 1.54) is 0 Å². The van der Waals surface area contributed by atoms with Gasteiger partial charge in [-0.25, -0.2) is 0 Å². The lowest BCUT2D eigenvalue weighted by atomic mass is 10.2. The fourth-order valence-electron chi connectivity index (χ4n) is 1.44. The number of benzene rings is 1. The topological polar surface area (TPSA) is 62.1 Å². The van der Waals surface area contributed by atoms with E-state index in [0.717, 1.165) is 19.3 Å². The Morgan fingerprint density at radius 1 is 1.33 bits per heavy atom. The van der Waals surface area contributed by atoms with E-state index in [9.17, 15) is 4.79 Å². The number of nitriles is 1. The van der Waals surface area contributed by atoms with E-state index in [0.29, 0.717) is 17.9 Å². The Labute approximate surface area is 108 Å². The highest BCUT2D eigenvalue weighted by molar-refractivity contribution is 5.91. The standard InChI is InChI=1S/C14H18N2O2/c1-2-3-4-9-18-11-14(17)16-13-7-5-12(10-15)6-8-13/h5-8H,2-4,9,11H2,1H3,(H,16,17). The highest BCUT2D eigenvalue weighted by Gasteiger charge is 2.02. The van der Waals surface area contributed by atoms with Gasteiger partial charge in [-0.1, -0.05) is 19.8 Å². The summed E-state index contributed by atoms with van der Waals surface area (Å²) in [6, 6.07) is 8.76. The van der Waals surface area contributed by atoms with Crippen molar-refractivity contribution in [2.24, 2.45) is 0 Å². The van der Waals surface area contributed by atoms with Crippen LogP contribution in [-0.2, 0) is 9.53 Å². The van der Waals surface area contributed by atoms with Crippen LogP contribution in [0.5, 0.6) is 0 Å². The van der Waals surface area contributed by atoms with Crippen molar-refractivity contribution in [3.63, 3.8) is 0 Å². The number of carbonyl (C=O) groups excluding carboxylic acids is 1. The van der Waals surface area contributed by atoms with E-state index >= 15 is 0 Å². The van der Waals surface area contributed by atoms with Crippen molar-refractivity contribution in [1.82, 2.24) is 0 Å². The summed E-state index contributed by atoms with van der Waals surface area (Å²) in [5.41, 5.74) is 1.25. The van der Waals surface area contributed by atoms with E-state index in [1.54, 1.807) is 24.3 Å². The molecular weight excluding hydrogens is 228 g/mol. The number of ether oxygens (including phenoxy) is 1. The number of amides is 1. The first-order valence-corrected chi connectivity index (χ1v) is 6.14. The number of hydrogen-bond donors (Lipinski definition) is 1. The molecule has 4 heteroatoms. The predicted octanol–water partition coefficient (Wildman–Crippen LogP) is 2.70. The van der Waals surface area contributed by atoms with Crippen molar-refractivity contribution in [2.75, 3.05) is 18.5 Å². The van der Waals surface area contributed by atoms with E-state index in [2.05, 4.69) is 12.2 Å². The zero-order valence-electron chi connectivity index (χ0n) is 10.6. The molecule has 0 unspecified atom stereocenters. The van der Waals surface area contributed by atoms with Gasteiger partial charge in [-0.3, -0.25) is 4.79 Å². The molecule has 0 bridgehead atoms. The van der Waals surface area contributed by atoms with Gasteiger partial charge >= 0.3 is 0 Å². The minimum Gasteiger partial charge on any atom is -0.372 e. The van der Waals surface area contributed by atoms with Gasteiger partial charge in [-0.05, 0) is 30.7 Å². The lowest BCUT2D eigenvalue weighted by Crippen LogP contribution is -2.18. The van der Waals surface area contributed by atoms with Crippen LogP contribution in [0.1, 0.15) is 31.7 Å². The molecule has 0 atom stereocenters. The molecule has 0 spiro atoms. The summed E-state index contributed by atoms with van der Waals surface area (Å²) in [4.78, 5) is 11.5. The number of nitrogens with one attached hydrogen (secondary N) is 1. The molecule has 0 aliphatic heterocycles. The Hall–Kier alpha value is -1.86. The van der Waals surface area contributed by atoms with E-state index in [4.69, 9.17) is 10.00 Å². The van der Waals surface area contributed by atoms with Crippen molar-refractivity contribution in [2.45, 2.75) is 26.2 Å². The maximum absolute atomic E-state index is 11.5. The minimum atomic E-state index is -0.170. The van der Waals surface area contributed by atoms with Gasteiger partial charge in [0.05, 0.1) is 11.6 Å². The molecular formula is C14H18N2O2. The summed E-state index contributed by atoms with van der Waals surface area (Å²) < 4.78 is 5.25. The van der Waals surface area contributed by atoms with Crippen molar-refractivity contribution in [1.29, 1.82) is 5.26 Å². The zero-order chi connectivity index (χ0) is 13.2. The molecule has 1 aromatic carbocycles. The van der Waals surface area contributed by atoms with E-state index in [-0.39, 0.29) is 12.5 Å². The quantitative estimate of drug-likeness (QED) is 0.752. The van der Waals surface area contributed by atoms with Crippen LogP contribution in [0.15, 0.2) is 24.3 Å². The summed E-state index contributed by atoms with van der Waals surface area (Å²) in [7, 11) is 0. The first-order chi connectivity index (χ1) is 8.76. The fraction of sp³-hybridized carbons (Fsp3) is 0.429. The van der Waals surface area contributed by atoms with Gasteiger partial charge in [0, 0.05) is 12.3 Å². The van der Waals surface area contributed by atoms with Crippen LogP contribution in [0.2, 0.25) is 0 Å². The molecule has 0 aliphatic carbocycles. The number of nitrogens with zero attached hydrogens (tertiary/aromatic N) is 1. The largest absolute Gasteiger partial charge is 0.372 e. The second-order valence-corrected chi connectivity index (χ2v) is 4.00. The molecule has 0 saturated carbocycles. The third-order valence-corrected chi connectivity index (χ3v) is 2.42. The second kappa shape index (κ2) is 8.26.